The van der Waals surface area contributed by atoms with E-state index in [9.17, 15) is 14.4 Å². The molecule has 1 unspecified atom stereocenters. The van der Waals surface area contributed by atoms with Crippen LogP contribution in [-0.2, 0) is 16.0 Å². The van der Waals surface area contributed by atoms with E-state index in [2.05, 4.69) is 25.3 Å². The van der Waals surface area contributed by atoms with Crippen LogP contribution < -0.4 is 11.1 Å². The van der Waals surface area contributed by atoms with E-state index in [0.717, 1.165) is 0 Å². The van der Waals surface area contributed by atoms with Crippen molar-refractivity contribution >= 4 is 17.6 Å². The van der Waals surface area contributed by atoms with Crippen LogP contribution >= 0.6 is 0 Å². The van der Waals surface area contributed by atoms with E-state index in [4.69, 9.17) is 5.73 Å². The third-order valence-electron chi connectivity index (χ3n) is 3.95. The molecule has 3 rings (SSSR count). The summed E-state index contributed by atoms with van der Waals surface area (Å²) in [4.78, 5) is 52.8. The van der Waals surface area contributed by atoms with Crippen molar-refractivity contribution in [3.63, 3.8) is 0 Å². The maximum absolute atomic E-state index is 12.8. The van der Waals surface area contributed by atoms with Crippen LogP contribution in [-0.4, -0.2) is 48.1 Å². The van der Waals surface area contributed by atoms with Crippen molar-refractivity contribution in [3.05, 3.63) is 66.3 Å². The summed E-state index contributed by atoms with van der Waals surface area (Å²) >= 11 is 0. The number of nitrogens with two attached hydrogens (primary N) is 1. The second-order valence-electron chi connectivity index (χ2n) is 5.89. The molecule has 3 aromatic rings. The predicted octanol–water partition coefficient (Wildman–Crippen LogP) is -0.239. The number of hydrogen-bond acceptors (Lipinski definition) is 7. The minimum Gasteiger partial charge on any atom is -0.363 e. The standard InChI is InChI=1S/C18H17N7O3/c1-11-23-10-14(25(11)18-21-6-3-7-22-18)17(28)24-13(15(26)16(19)27)8-12-4-2-5-20-9-12/h2-7,9-10,13H,8H2,1H3,(H2,19,27)(H,24,28). The molecule has 0 fully saturated rings. The van der Waals surface area contributed by atoms with Gasteiger partial charge in [-0.2, -0.15) is 0 Å². The molecule has 0 aliphatic heterocycles. The maximum atomic E-state index is 12.8. The largest absolute Gasteiger partial charge is 0.363 e. The Morgan fingerprint density at radius 2 is 1.86 bits per heavy atom. The molecule has 0 aromatic carbocycles. The molecular formula is C18H17N7O3. The lowest BCUT2D eigenvalue weighted by Crippen LogP contribution is -2.47. The lowest BCUT2D eigenvalue weighted by Gasteiger charge is -2.16. The summed E-state index contributed by atoms with van der Waals surface area (Å²) in [6.07, 6.45) is 7.59. The number of amides is 2. The number of carbonyl (C=O) groups excluding carboxylic acids is 3. The number of Topliss-reactive ketones (excluding diaryl/α,β-unsaturated/α-hetero) is 1. The van der Waals surface area contributed by atoms with Crippen LogP contribution in [0.15, 0.2) is 49.2 Å². The first-order chi connectivity index (χ1) is 13.5. The quantitative estimate of drug-likeness (QED) is 0.539. The van der Waals surface area contributed by atoms with E-state index < -0.39 is 23.6 Å². The number of imidazole rings is 1. The Kier molecular flexibility index (Phi) is 5.49. The molecule has 2 amide bonds. The summed E-state index contributed by atoms with van der Waals surface area (Å²) in [6.45, 7) is 1.69. The molecule has 0 aliphatic carbocycles. The zero-order valence-electron chi connectivity index (χ0n) is 14.9. The lowest BCUT2D eigenvalue weighted by molar-refractivity contribution is -0.137. The molecule has 3 aromatic heterocycles. The number of nitrogens with zero attached hydrogens (tertiary/aromatic N) is 5. The van der Waals surface area contributed by atoms with Gasteiger partial charge >= 0.3 is 0 Å². The van der Waals surface area contributed by atoms with E-state index in [1.165, 1.54) is 23.2 Å². The Morgan fingerprint density at radius 1 is 1.11 bits per heavy atom. The topological polar surface area (TPSA) is 146 Å². The Balaban J connectivity index is 1.89. The van der Waals surface area contributed by atoms with E-state index in [1.54, 1.807) is 37.5 Å². The van der Waals surface area contributed by atoms with Gasteiger partial charge in [0.15, 0.2) is 0 Å². The molecule has 0 saturated heterocycles. The SMILES string of the molecule is Cc1ncc(C(=O)NC(Cc2cccnc2)C(=O)C(N)=O)n1-c1ncccn1. The first kappa shape index (κ1) is 18.8. The zero-order valence-corrected chi connectivity index (χ0v) is 14.9. The van der Waals surface area contributed by atoms with Crippen molar-refractivity contribution in [2.75, 3.05) is 0 Å². The van der Waals surface area contributed by atoms with Gasteiger partial charge in [-0.05, 0) is 24.6 Å². The van der Waals surface area contributed by atoms with E-state index in [0.29, 0.717) is 11.4 Å². The third kappa shape index (κ3) is 4.06. The van der Waals surface area contributed by atoms with Crippen molar-refractivity contribution in [3.8, 4) is 5.95 Å². The highest BCUT2D eigenvalue weighted by Gasteiger charge is 2.28. The van der Waals surface area contributed by atoms with E-state index >= 15 is 0 Å². The number of hydrogen-bond donors (Lipinski definition) is 2. The van der Waals surface area contributed by atoms with Gasteiger partial charge in [0.05, 0.1) is 6.20 Å². The third-order valence-corrected chi connectivity index (χ3v) is 3.95. The molecule has 0 bridgehead atoms. The molecule has 1 atom stereocenters. The monoisotopic (exact) mass is 379 g/mol. The highest BCUT2D eigenvalue weighted by Crippen LogP contribution is 2.11. The normalized spacial score (nSPS) is 11.6. The number of ketones is 1. The molecule has 3 N–H and O–H groups in total. The summed E-state index contributed by atoms with van der Waals surface area (Å²) in [6, 6.07) is 3.92. The van der Waals surface area contributed by atoms with Crippen LogP contribution in [0, 0.1) is 6.92 Å². The smallest absolute Gasteiger partial charge is 0.287 e. The van der Waals surface area contributed by atoms with Crippen molar-refractivity contribution in [2.24, 2.45) is 5.73 Å². The van der Waals surface area contributed by atoms with Crippen LogP contribution in [0.1, 0.15) is 21.9 Å². The van der Waals surface area contributed by atoms with Crippen molar-refractivity contribution in [1.29, 1.82) is 0 Å². The highest BCUT2D eigenvalue weighted by atomic mass is 16.2. The number of carbonyl (C=O) groups is 3. The van der Waals surface area contributed by atoms with Gasteiger partial charge in [-0.15, -0.1) is 0 Å². The minimum absolute atomic E-state index is 0.0658. The molecule has 0 saturated carbocycles. The van der Waals surface area contributed by atoms with Crippen molar-refractivity contribution in [2.45, 2.75) is 19.4 Å². The second kappa shape index (κ2) is 8.16. The maximum Gasteiger partial charge on any atom is 0.287 e. The van der Waals surface area contributed by atoms with Crippen LogP contribution in [0.25, 0.3) is 5.95 Å². The average molecular weight is 379 g/mol. The zero-order chi connectivity index (χ0) is 20.1. The Labute approximate surface area is 159 Å². The summed E-state index contributed by atoms with van der Waals surface area (Å²) in [7, 11) is 0. The number of primary amides is 1. The lowest BCUT2D eigenvalue weighted by atomic mass is 10.0. The molecule has 3 heterocycles. The fraction of sp³-hybridized carbons (Fsp3) is 0.167. The average Bonchev–Trinajstić information content (AvgIpc) is 3.09. The van der Waals surface area contributed by atoms with Crippen molar-refractivity contribution < 1.29 is 14.4 Å². The number of aryl methyl sites for hydroxylation is 1. The second-order valence-corrected chi connectivity index (χ2v) is 5.89. The molecule has 0 aliphatic rings. The minimum atomic E-state index is -1.14. The number of rotatable bonds is 7. The molecule has 10 heteroatoms. The van der Waals surface area contributed by atoms with Gasteiger partial charge in [-0.1, -0.05) is 6.07 Å². The summed E-state index contributed by atoms with van der Waals surface area (Å²) in [5.41, 5.74) is 5.92. The Hall–Kier alpha value is -3.95. The van der Waals surface area contributed by atoms with Gasteiger partial charge in [0.25, 0.3) is 11.8 Å². The first-order valence-electron chi connectivity index (χ1n) is 8.32. The number of nitrogens with one attached hydrogen (secondary N) is 1. The van der Waals surface area contributed by atoms with Crippen LogP contribution in [0.2, 0.25) is 0 Å². The molecule has 28 heavy (non-hydrogen) atoms. The van der Waals surface area contributed by atoms with Gasteiger partial charge in [0, 0.05) is 31.2 Å². The van der Waals surface area contributed by atoms with E-state index in [1.807, 2.05) is 0 Å². The molecule has 10 nitrogen and oxygen atoms in total. The molecule has 142 valence electrons. The highest BCUT2D eigenvalue weighted by molar-refractivity contribution is 6.38. The molecule has 0 spiro atoms. The molecule has 0 radical (unpaired) electrons. The van der Waals surface area contributed by atoms with Crippen molar-refractivity contribution in [1.82, 2.24) is 29.8 Å². The van der Waals surface area contributed by atoms with Crippen LogP contribution in [0.5, 0.6) is 0 Å². The van der Waals surface area contributed by atoms with Gasteiger partial charge in [0.1, 0.15) is 17.6 Å². The van der Waals surface area contributed by atoms with Gasteiger partial charge in [-0.3, -0.25) is 23.9 Å². The summed E-state index contributed by atoms with van der Waals surface area (Å²) in [5, 5.41) is 2.55. The Morgan fingerprint density at radius 3 is 2.50 bits per heavy atom. The van der Waals surface area contributed by atoms with Gasteiger partial charge < -0.3 is 11.1 Å². The summed E-state index contributed by atoms with van der Waals surface area (Å²) in [5.74, 6) is -1.91. The first-order valence-corrected chi connectivity index (χ1v) is 8.32. The molecular weight excluding hydrogens is 362 g/mol. The predicted molar refractivity (Wildman–Crippen MR) is 97.3 cm³/mol. The number of aromatic nitrogens is 5. The summed E-state index contributed by atoms with van der Waals surface area (Å²) < 4.78 is 1.45. The Bertz CT molecular complexity index is 1000. The fourth-order valence-electron chi connectivity index (χ4n) is 2.63. The van der Waals surface area contributed by atoms with E-state index in [-0.39, 0.29) is 18.1 Å². The van der Waals surface area contributed by atoms with Crippen LogP contribution in [0.3, 0.4) is 0 Å². The van der Waals surface area contributed by atoms with Gasteiger partial charge in [-0.25, -0.2) is 15.0 Å². The van der Waals surface area contributed by atoms with Crippen LogP contribution in [0.4, 0.5) is 0 Å². The fourth-order valence-corrected chi connectivity index (χ4v) is 2.63. The number of pyridine rings is 1. The van der Waals surface area contributed by atoms with Gasteiger partial charge in [0.2, 0.25) is 11.7 Å².